The Balaban J connectivity index is 2.08. The third kappa shape index (κ3) is 3.07. The number of rotatable bonds is 5. The Hall–Kier alpha value is -1.55. The number of hydrogen-bond donors (Lipinski definition) is 1. The van der Waals surface area contributed by atoms with Crippen molar-refractivity contribution in [3.63, 3.8) is 0 Å². The zero-order valence-corrected chi connectivity index (χ0v) is 11.7. The molecular formula is C15H22N2O2. The fourth-order valence-electron chi connectivity index (χ4n) is 2.55. The molecule has 2 rings (SSSR count). The number of fused-ring (bicyclic) bond motifs is 1. The molecule has 0 amide bonds. The van der Waals surface area contributed by atoms with Crippen LogP contribution in [-0.4, -0.2) is 32.7 Å². The number of ether oxygens (including phenoxy) is 1. The minimum Gasteiger partial charge on any atom is -0.466 e. The third-order valence-electron chi connectivity index (χ3n) is 3.66. The van der Waals surface area contributed by atoms with Crippen molar-refractivity contribution in [3.05, 3.63) is 29.3 Å². The number of carbonyl (C=O) groups is 1. The zero-order chi connectivity index (χ0) is 13.8. The Morgan fingerprint density at radius 3 is 3.00 bits per heavy atom. The van der Waals surface area contributed by atoms with Gasteiger partial charge in [0.05, 0.1) is 12.5 Å². The van der Waals surface area contributed by atoms with Crippen LogP contribution in [0.25, 0.3) is 0 Å². The molecule has 0 aromatic heterocycles. The molecule has 1 atom stereocenters. The minimum atomic E-state index is -0.239. The molecule has 104 valence electrons. The monoisotopic (exact) mass is 262 g/mol. The van der Waals surface area contributed by atoms with Crippen molar-refractivity contribution >= 4 is 11.7 Å². The van der Waals surface area contributed by atoms with Crippen LogP contribution in [0.1, 0.15) is 18.1 Å². The van der Waals surface area contributed by atoms with E-state index in [1.807, 2.05) is 6.92 Å². The molecule has 0 fully saturated rings. The highest BCUT2D eigenvalue weighted by atomic mass is 16.5. The Bertz CT molecular complexity index is 459. The van der Waals surface area contributed by atoms with Crippen LogP contribution in [0.5, 0.6) is 0 Å². The molecule has 0 bridgehead atoms. The van der Waals surface area contributed by atoms with Gasteiger partial charge in [-0.05, 0) is 37.0 Å². The van der Waals surface area contributed by atoms with Crippen molar-refractivity contribution in [3.8, 4) is 0 Å². The topological polar surface area (TPSA) is 55.6 Å². The van der Waals surface area contributed by atoms with E-state index in [9.17, 15) is 4.79 Å². The van der Waals surface area contributed by atoms with Gasteiger partial charge in [-0.15, -0.1) is 0 Å². The molecule has 4 nitrogen and oxygen atoms in total. The van der Waals surface area contributed by atoms with Gasteiger partial charge in [0.1, 0.15) is 0 Å². The highest BCUT2D eigenvalue weighted by Crippen LogP contribution is 2.28. The Morgan fingerprint density at radius 2 is 2.32 bits per heavy atom. The summed E-state index contributed by atoms with van der Waals surface area (Å²) in [5.41, 5.74) is 9.50. The first-order valence-electron chi connectivity index (χ1n) is 6.85. The average Bonchev–Trinajstić information content (AvgIpc) is 2.77. The van der Waals surface area contributed by atoms with Crippen LogP contribution in [0.3, 0.4) is 0 Å². The maximum atomic E-state index is 11.8. The first kappa shape index (κ1) is 13.9. The quantitative estimate of drug-likeness (QED) is 0.814. The molecule has 4 heteroatoms. The van der Waals surface area contributed by atoms with Gasteiger partial charge in [0.2, 0.25) is 0 Å². The molecule has 1 aromatic rings. The second-order valence-corrected chi connectivity index (χ2v) is 5.02. The SMILES string of the molecule is CCOC(=O)C(CN)Cc1ccc2c(c1)CCN2C. The first-order chi connectivity index (χ1) is 9.15. The van der Waals surface area contributed by atoms with Gasteiger partial charge < -0.3 is 15.4 Å². The van der Waals surface area contributed by atoms with Crippen LogP contribution >= 0.6 is 0 Å². The molecule has 0 aliphatic carbocycles. The lowest BCUT2D eigenvalue weighted by molar-refractivity contribution is -0.147. The predicted octanol–water partition coefficient (Wildman–Crippen LogP) is 1.36. The van der Waals surface area contributed by atoms with Gasteiger partial charge in [0.15, 0.2) is 0 Å². The highest BCUT2D eigenvalue weighted by molar-refractivity contribution is 5.73. The molecule has 1 aromatic carbocycles. The second-order valence-electron chi connectivity index (χ2n) is 5.02. The average molecular weight is 262 g/mol. The van der Waals surface area contributed by atoms with Crippen molar-refractivity contribution in [1.29, 1.82) is 0 Å². The van der Waals surface area contributed by atoms with Gasteiger partial charge in [-0.3, -0.25) is 4.79 Å². The van der Waals surface area contributed by atoms with E-state index in [-0.39, 0.29) is 11.9 Å². The van der Waals surface area contributed by atoms with E-state index >= 15 is 0 Å². The van der Waals surface area contributed by atoms with Crippen LogP contribution in [-0.2, 0) is 22.4 Å². The molecule has 1 aliphatic heterocycles. The maximum Gasteiger partial charge on any atom is 0.310 e. The lowest BCUT2D eigenvalue weighted by Gasteiger charge is -2.15. The van der Waals surface area contributed by atoms with Crippen LogP contribution in [0, 0.1) is 5.92 Å². The van der Waals surface area contributed by atoms with Crippen molar-refractivity contribution in [2.45, 2.75) is 19.8 Å². The molecule has 0 saturated carbocycles. The van der Waals surface area contributed by atoms with Crippen LogP contribution in [0.4, 0.5) is 5.69 Å². The zero-order valence-electron chi connectivity index (χ0n) is 11.7. The lowest BCUT2D eigenvalue weighted by Crippen LogP contribution is -2.27. The van der Waals surface area contributed by atoms with E-state index in [4.69, 9.17) is 10.5 Å². The van der Waals surface area contributed by atoms with E-state index in [2.05, 4.69) is 30.1 Å². The number of likely N-dealkylation sites (N-methyl/N-ethyl adjacent to an activating group) is 1. The fraction of sp³-hybridized carbons (Fsp3) is 0.533. The number of esters is 1. The van der Waals surface area contributed by atoms with Crippen LogP contribution < -0.4 is 10.6 Å². The second kappa shape index (κ2) is 6.06. The largest absolute Gasteiger partial charge is 0.466 e. The third-order valence-corrected chi connectivity index (χ3v) is 3.66. The molecule has 1 aliphatic rings. The summed E-state index contributed by atoms with van der Waals surface area (Å²) in [6.07, 6.45) is 1.73. The van der Waals surface area contributed by atoms with Gasteiger partial charge >= 0.3 is 5.97 Å². The molecule has 1 unspecified atom stereocenters. The number of benzene rings is 1. The predicted molar refractivity (Wildman–Crippen MR) is 76.3 cm³/mol. The summed E-state index contributed by atoms with van der Waals surface area (Å²) in [7, 11) is 2.10. The molecule has 0 radical (unpaired) electrons. The van der Waals surface area contributed by atoms with Crippen molar-refractivity contribution in [2.75, 3.05) is 31.6 Å². The van der Waals surface area contributed by atoms with E-state index in [1.165, 1.54) is 11.3 Å². The normalized spacial score (nSPS) is 15.2. The van der Waals surface area contributed by atoms with E-state index in [0.717, 1.165) is 18.5 Å². The van der Waals surface area contributed by atoms with Gasteiger partial charge in [0.25, 0.3) is 0 Å². The molecule has 2 N–H and O–H groups in total. The summed E-state index contributed by atoms with van der Waals surface area (Å²) in [6, 6.07) is 6.42. The summed E-state index contributed by atoms with van der Waals surface area (Å²) >= 11 is 0. The van der Waals surface area contributed by atoms with Crippen molar-refractivity contribution in [2.24, 2.45) is 11.7 Å². The van der Waals surface area contributed by atoms with Gasteiger partial charge in [-0.1, -0.05) is 12.1 Å². The minimum absolute atomic E-state index is 0.192. The number of carbonyl (C=O) groups excluding carboxylic acids is 1. The Labute approximate surface area is 114 Å². The highest BCUT2D eigenvalue weighted by Gasteiger charge is 2.20. The van der Waals surface area contributed by atoms with Crippen molar-refractivity contribution < 1.29 is 9.53 Å². The Kier molecular flexibility index (Phi) is 4.43. The van der Waals surface area contributed by atoms with Gasteiger partial charge in [-0.25, -0.2) is 0 Å². The van der Waals surface area contributed by atoms with E-state index in [0.29, 0.717) is 19.6 Å². The molecular weight excluding hydrogens is 240 g/mol. The number of hydrogen-bond acceptors (Lipinski definition) is 4. The van der Waals surface area contributed by atoms with Gasteiger partial charge in [0, 0.05) is 25.8 Å². The van der Waals surface area contributed by atoms with Crippen LogP contribution in [0.15, 0.2) is 18.2 Å². The summed E-state index contributed by atoms with van der Waals surface area (Å²) in [4.78, 5) is 14.0. The summed E-state index contributed by atoms with van der Waals surface area (Å²) in [6.45, 7) is 3.62. The smallest absolute Gasteiger partial charge is 0.310 e. The summed E-state index contributed by atoms with van der Waals surface area (Å²) < 4.78 is 5.05. The van der Waals surface area contributed by atoms with Crippen molar-refractivity contribution in [1.82, 2.24) is 0 Å². The van der Waals surface area contributed by atoms with Crippen LogP contribution in [0.2, 0.25) is 0 Å². The Morgan fingerprint density at radius 1 is 1.53 bits per heavy atom. The standard InChI is InChI=1S/C15H22N2O2/c1-3-19-15(18)13(10-16)9-11-4-5-14-12(8-11)6-7-17(14)2/h4-5,8,13H,3,6-7,9-10,16H2,1-2H3. The molecule has 0 spiro atoms. The summed E-state index contributed by atoms with van der Waals surface area (Å²) in [5.74, 6) is -0.431. The first-order valence-corrected chi connectivity index (χ1v) is 6.85. The number of nitrogens with two attached hydrogens (primary N) is 1. The van der Waals surface area contributed by atoms with E-state index in [1.54, 1.807) is 0 Å². The number of nitrogens with zero attached hydrogens (tertiary/aromatic N) is 1. The maximum absolute atomic E-state index is 11.8. The van der Waals surface area contributed by atoms with Gasteiger partial charge in [-0.2, -0.15) is 0 Å². The molecule has 1 heterocycles. The fourth-order valence-corrected chi connectivity index (χ4v) is 2.55. The number of anilines is 1. The van der Waals surface area contributed by atoms with E-state index < -0.39 is 0 Å². The lowest BCUT2D eigenvalue weighted by atomic mass is 9.97. The molecule has 19 heavy (non-hydrogen) atoms. The molecule has 0 saturated heterocycles. The summed E-state index contributed by atoms with van der Waals surface area (Å²) in [5, 5.41) is 0.